The van der Waals surface area contributed by atoms with Gasteiger partial charge in [0.25, 0.3) is 5.91 Å². The number of carbonyl (C=O) groups excluding carboxylic acids is 1. The maximum Gasteiger partial charge on any atom is 0.274 e. The van der Waals surface area contributed by atoms with E-state index in [-0.39, 0.29) is 11.4 Å². The van der Waals surface area contributed by atoms with Gasteiger partial charge in [-0.1, -0.05) is 30.0 Å². The van der Waals surface area contributed by atoms with Crippen molar-refractivity contribution in [2.45, 2.75) is 18.9 Å². The molecular formula is C17H18N4OS. The molecule has 1 atom stereocenters. The molecule has 118 valence electrons. The van der Waals surface area contributed by atoms with Crippen LogP contribution < -0.4 is 11.1 Å². The Morgan fingerprint density at radius 3 is 2.91 bits per heavy atom. The summed E-state index contributed by atoms with van der Waals surface area (Å²) < 4.78 is 0. The number of amidine groups is 1. The number of thioether (sulfide) groups is 1. The molecule has 0 fully saturated rings. The molecular weight excluding hydrogens is 308 g/mol. The van der Waals surface area contributed by atoms with Crippen molar-refractivity contribution in [3.05, 3.63) is 59.9 Å². The lowest BCUT2D eigenvalue weighted by Gasteiger charge is -2.30. The van der Waals surface area contributed by atoms with Crippen LogP contribution in [-0.2, 0) is 5.54 Å². The Labute approximate surface area is 139 Å². The second kappa shape index (κ2) is 6.42. The molecule has 3 rings (SSSR count). The van der Waals surface area contributed by atoms with E-state index in [0.717, 1.165) is 23.4 Å². The maximum atomic E-state index is 12.2. The molecule has 2 aromatic rings. The molecule has 1 unspecified atom stereocenters. The third-order valence-corrected chi connectivity index (χ3v) is 4.63. The molecule has 0 saturated carbocycles. The molecule has 1 aliphatic rings. The SMILES string of the molecule is CC1(c2cccc(NC(=O)c3ccccn3)c2)CCSC(N)=N1. The first-order valence-electron chi connectivity index (χ1n) is 7.38. The zero-order valence-corrected chi connectivity index (χ0v) is 13.6. The largest absolute Gasteiger partial charge is 0.379 e. The molecule has 0 spiro atoms. The molecule has 23 heavy (non-hydrogen) atoms. The molecule has 2 heterocycles. The average molecular weight is 326 g/mol. The second-order valence-electron chi connectivity index (χ2n) is 5.57. The number of nitrogens with zero attached hydrogens (tertiary/aromatic N) is 2. The summed E-state index contributed by atoms with van der Waals surface area (Å²) in [4.78, 5) is 20.9. The maximum absolute atomic E-state index is 12.2. The minimum atomic E-state index is -0.346. The predicted octanol–water partition coefficient (Wildman–Crippen LogP) is 3.00. The van der Waals surface area contributed by atoms with Gasteiger partial charge in [-0.2, -0.15) is 0 Å². The summed E-state index contributed by atoms with van der Waals surface area (Å²) in [7, 11) is 0. The van der Waals surface area contributed by atoms with Crippen molar-refractivity contribution in [1.82, 2.24) is 4.98 Å². The third-order valence-electron chi connectivity index (χ3n) is 3.84. The highest BCUT2D eigenvalue weighted by Crippen LogP contribution is 2.35. The Kier molecular flexibility index (Phi) is 4.34. The summed E-state index contributed by atoms with van der Waals surface area (Å²) >= 11 is 1.58. The minimum Gasteiger partial charge on any atom is -0.379 e. The van der Waals surface area contributed by atoms with E-state index in [4.69, 9.17) is 5.73 Å². The highest BCUT2D eigenvalue weighted by atomic mass is 32.2. The Bertz CT molecular complexity index is 747. The molecule has 0 radical (unpaired) electrons. The van der Waals surface area contributed by atoms with E-state index >= 15 is 0 Å². The van der Waals surface area contributed by atoms with E-state index in [1.54, 1.807) is 36.2 Å². The number of nitrogens with one attached hydrogen (secondary N) is 1. The van der Waals surface area contributed by atoms with Gasteiger partial charge in [-0.3, -0.25) is 14.8 Å². The number of anilines is 1. The standard InChI is InChI=1S/C17H18N4OS/c1-17(8-10-23-16(18)21-17)12-5-4-6-13(11-12)20-15(22)14-7-2-3-9-19-14/h2-7,9,11H,8,10H2,1H3,(H2,18,21)(H,20,22). The predicted molar refractivity (Wildman–Crippen MR) is 94.7 cm³/mol. The molecule has 5 nitrogen and oxygen atoms in total. The van der Waals surface area contributed by atoms with Gasteiger partial charge in [0.1, 0.15) is 5.69 Å². The van der Waals surface area contributed by atoms with Gasteiger partial charge < -0.3 is 11.1 Å². The molecule has 1 aromatic carbocycles. The Balaban J connectivity index is 1.83. The molecule has 3 N–H and O–H groups in total. The van der Waals surface area contributed by atoms with Crippen molar-refractivity contribution < 1.29 is 4.79 Å². The number of benzene rings is 1. The molecule has 1 amide bonds. The number of aromatic nitrogens is 1. The van der Waals surface area contributed by atoms with E-state index in [1.165, 1.54) is 0 Å². The monoisotopic (exact) mass is 326 g/mol. The normalized spacial score (nSPS) is 20.7. The number of rotatable bonds is 3. The summed E-state index contributed by atoms with van der Waals surface area (Å²) in [6, 6.07) is 13.0. The van der Waals surface area contributed by atoms with Crippen LogP contribution in [0.15, 0.2) is 53.7 Å². The van der Waals surface area contributed by atoms with Crippen LogP contribution in [0.4, 0.5) is 5.69 Å². The van der Waals surface area contributed by atoms with Crippen LogP contribution in [0.1, 0.15) is 29.4 Å². The molecule has 1 aromatic heterocycles. The van der Waals surface area contributed by atoms with E-state index in [1.807, 2.05) is 24.3 Å². The van der Waals surface area contributed by atoms with Crippen LogP contribution in [-0.4, -0.2) is 21.8 Å². The van der Waals surface area contributed by atoms with Crippen molar-refractivity contribution in [3.8, 4) is 0 Å². The third kappa shape index (κ3) is 3.53. The molecule has 0 aliphatic carbocycles. The first-order valence-corrected chi connectivity index (χ1v) is 8.36. The zero-order chi connectivity index (χ0) is 16.3. The molecule has 0 bridgehead atoms. The Morgan fingerprint density at radius 1 is 1.30 bits per heavy atom. The van der Waals surface area contributed by atoms with Crippen molar-refractivity contribution in [2.75, 3.05) is 11.1 Å². The number of carbonyl (C=O) groups is 1. The average Bonchev–Trinajstić information content (AvgIpc) is 2.56. The fourth-order valence-corrected chi connectivity index (χ4v) is 3.49. The van der Waals surface area contributed by atoms with Gasteiger partial charge >= 0.3 is 0 Å². The topological polar surface area (TPSA) is 80.4 Å². The quantitative estimate of drug-likeness (QED) is 0.908. The van der Waals surface area contributed by atoms with Crippen LogP contribution in [0.3, 0.4) is 0 Å². The van der Waals surface area contributed by atoms with E-state index < -0.39 is 0 Å². The van der Waals surface area contributed by atoms with Gasteiger partial charge in [-0.05, 0) is 43.2 Å². The van der Waals surface area contributed by atoms with Crippen molar-refractivity contribution in [3.63, 3.8) is 0 Å². The number of aliphatic imine (C=N–C) groups is 1. The summed E-state index contributed by atoms with van der Waals surface area (Å²) in [5, 5.41) is 3.49. The summed E-state index contributed by atoms with van der Waals surface area (Å²) in [5.74, 6) is 0.714. The lowest BCUT2D eigenvalue weighted by Crippen LogP contribution is -2.28. The fourth-order valence-electron chi connectivity index (χ4n) is 2.52. The van der Waals surface area contributed by atoms with Crippen LogP contribution in [0.25, 0.3) is 0 Å². The van der Waals surface area contributed by atoms with Gasteiger partial charge in [0.05, 0.1) is 5.54 Å². The lowest BCUT2D eigenvalue weighted by atomic mass is 9.89. The van der Waals surface area contributed by atoms with Gasteiger partial charge in [-0.25, -0.2) is 0 Å². The summed E-state index contributed by atoms with van der Waals surface area (Å²) in [6.45, 7) is 2.07. The molecule has 6 heteroatoms. The number of hydrogen-bond donors (Lipinski definition) is 2. The van der Waals surface area contributed by atoms with Crippen molar-refractivity contribution in [2.24, 2.45) is 10.7 Å². The first-order chi connectivity index (χ1) is 11.1. The van der Waals surface area contributed by atoms with Crippen molar-refractivity contribution in [1.29, 1.82) is 0 Å². The first kappa shape index (κ1) is 15.6. The smallest absolute Gasteiger partial charge is 0.274 e. The number of amides is 1. The van der Waals surface area contributed by atoms with E-state index in [2.05, 4.69) is 22.2 Å². The van der Waals surface area contributed by atoms with Gasteiger partial charge in [0.2, 0.25) is 0 Å². The Hall–Kier alpha value is -2.34. The number of pyridine rings is 1. The van der Waals surface area contributed by atoms with E-state index in [9.17, 15) is 4.79 Å². The molecule has 0 saturated heterocycles. The summed E-state index contributed by atoms with van der Waals surface area (Å²) in [6.07, 6.45) is 2.51. The highest BCUT2D eigenvalue weighted by Gasteiger charge is 2.29. The fraction of sp³-hybridized carbons (Fsp3) is 0.235. The highest BCUT2D eigenvalue weighted by molar-refractivity contribution is 8.13. The summed E-state index contributed by atoms with van der Waals surface area (Å²) in [5.41, 5.74) is 7.69. The Morgan fingerprint density at radius 2 is 2.17 bits per heavy atom. The van der Waals surface area contributed by atoms with Crippen LogP contribution >= 0.6 is 11.8 Å². The van der Waals surface area contributed by atoms with Gasteiger partial charge in [0.15, 0.2) is 5.17 Å². The number of hydrogen-bond acceptors (Lipinski definition) is 5. The van der Waals surface area contributed by atoms with Crippen molar-refractivity contribution >= 4 is 28.5 Å². The zero-order valence-electron chi connectivity index (χ0n) is 12.8. The number of nitrogens with two attached hydrogens (primary N) is 1. The second-order valence-corrected chi connectivity index (χ2v) is 6.69. The van der Waals surface area contributed by atoms with Gasteiger partial charge in [-0.15, -0.1) is 0 Å². The molecule has 1 aliphatic heterocycles. The minimum absolute atomic E-state index is 0.227. The van der Waals surface area contributed by atoms with Crippen LogP contribution in [0, 0.1) is 0 Å². The van der Waals surface area contributed by atoms with Crippen LogP contribution in [0.5, 0.6) is 0 Å². The van der Waals surface area contributed by atoms with Gasteiger partial charge in [0, 0.05) is 17.6 Å². The lowest BCUT2D eigenvalue weighted by molar-refractivity contribution is 0.102. The van der Waals surface area contributed by atoms with Crippen LogP contribution in [0.2, 0.25) is 0 Å². The van der Waals surface area contributed by atoms with E-state index in [0.29, 0.717) is 10.9 Å².